The predicted octanol–water partition coefficient (Wildman–Crippen LogP) is 2.37. The van der Waals surface area contributed by atoms with Crippen molar-refractivity contribution >= 4 is 31.5 Å². The summed E-state index contributed by atoms with van der Waals surface area (Å²) in [6.07, 6.45) is 0. The van der Waals surface area contributed by atoms with Gasteiger partial charge in [-0.25, -0.2) is 4.98 Å². The normalized spacial score (nSPS) is 12.0. The SMILES string of the molecule is COc1ccc2c[s+](Sc3n[nH]c(C)n3)nc2n1. The Hall–Kier alpha value is -1.67. The van der Waals surface area contributed by atoms with Gasteiger partial charge in [0, 0.05) is 6.07 Å². The smallest absolute Gasteiger partial charge is 0.267 e. The van der Waals surface area contributed by atoms with Gasteiger partial charge in [0.2, 0.25) is 22.3 Å². The number of hydrogen-bond acceptors (Lipinski definition) is 6. The van der Waals surface area contributed by atoms with Gasteiger partial charge in [-0.05, 0) is 17.4 Å². The Balaban J connectivity index is 1.93. The van der Waals surface area contributed by atoms with E-state index in [2.05, 4.69) is 29.9 Å². The number of nitrogens with zero attached hydrogens (tertiary/aromatic N) is 4. The molecular weight excluding hydrogens is 270 g/mol. The van der Waals surface area contributed by atoms with Crippen molar-refractivity contribution in [3.05, 3.63) is 23.3 Å². The fraction of sp³-hybridized carbons (Fsp3) is 0.200. The van der Waals surface area contributed by atoms with E-state index in [-0.39, 0.29) is 9.70 Å². The number of fused-ring (bicyclic) bond motifs is 1. The van der Waals surface area contributed by atoms with Crippen LogP contribution in [0.2, 0.25) is 0 Å². The predicted molar refractivity (Wildman–Crippen MR) is 70.9 cm³/mol. The van der Waals surface area contributed by atoms with Crippen LogP contribution in [0.3, 0.4) is 0 Å². The molecule has 0 aliphatic heterocycles. The highest BCUT2D eigenvalue weighted by Crippen LogP contribution is 2.37. The molecule has 0 saturated carbocycles. The second-order valence-corrected chi connectivity index (χ2v) is 6.57. The van der Waals surface area contributed by atoms with E-state index in [1.807, 2.05) is 19.1 Å². The highest BCUT2D eigenvalue weighted by Gasteiger charge is 2.19. The Kier molecular flexibility index (Phi) is 2.88. The highest BCUT2D eigenvalue weighted by molar-refractivity contribution is 8.44. The van der Waals surface area contributed by atoms with Crippen LogP contribution in [0.1, 0.15) is 5.82 Å². The zero-order valence-electron chi connectivity index (χ0n) is 9.75. The van der Waals surface area contributed by atoms with Gasteiger partial charge in [-0.3, -0.25) is 5.10 Å². The third-order valence-electron chi connectivity index (χ3n) is 2.23. The zero-order valence-corrected chi connectivity index (χ0v) is 11.4. The summed E-state index contributed by atoms with van der Waals surface area (Å²) in [5.74, 6) is 1.38. The van der Waals surface area contributed by atoms with Crippen LogP contribution in [0.5, 0.6) is 5.88 Å². The maximum atomic E-state index is 5.08. The van der Waals surface area contributed by atoms with Crippen molar-refractivity contribution in [2.45, 2.75) is 12.1 Å². The molecule has 18 heavy (non-hydrogen) atoms. The number of methoxy groups -OCH3 is 1. The average Bonchev–Trinajstić information content (AvgIpc) is 2.94. The third-order valence-corrected chi connectivity index (χ3v) is 5.01. The molecule has 0 spiro atoms. The molecule has 0 saturated heterocycles. The number of aryl methyl sites for hydroxylation is 1. The molecule has 1 atom stereocenters. The molecule has 0 bridgehead atoms. The van der Waals surface area contributed by atoms with Gasteiger partial charge >= 0.3 is 0 Å². The molecule has 0 aliphatic rings. The second kappa shape index (κ2) is 4.54. The number of pyridine rings is 1. The molecule has 8 heteroatoms. The van der Waals surface area contributed by atoms with Gasteiger partial charge in [0.05, 0.1) is 12.5 Å². The summed E-state index contributed by atoms with van der Waals surface area (Å²) >= 11 is 0. The van der Waals surface area contributed by atoms with Crippen molar-refractivity contribution in [3.8, 4) is 5.88 Å². The molecular formula is C10H10N5OS2+. The first kappa shape index (κ1) is 11.4. The van der Waals surface area contributed by atoms with Crippen LogP contribution in [0.4, 0.5) is 0 Å². The molecule has 1 unspecified atom stereocenters. The van der Waals surface area contributed by atoms with Crippen LogP contribution in [0, 0.1) is 6.92 Å². The van der Waals surface area contributed by atoms with Crippen molar-refractivity contribution in [2.24, 2.45) is 0 Å². The minimum absolute atomic E-state index is 0.318. The van der Waals surface area contributed by atoms with Crippen molar-refractivity contribution in [1.29, 1.82) is 0 Å². The summed E-state index contributed by atoms with van der Waals surface area (Å²) < 4.78 is 9.59. The van der Waals surface area contributed by atoms with E-state index in [0.717, 1.165) is 16.9 Å². The molecule has 3 heterocycles. The largest absolute Gasteiger partial charge is 0.481 e. The van der Waals surface area contributed by atoms with Gasteiger partial charge in [0.1, 0.15) is 5.82 Å². The molecule has 0 radical (unpaired) electrons. The Morgan fingerprint density at radius 2 is 2.22 bits per heavy atom. The van der Waals surface area contributed by atoms with Crippen LogP contribution >= 0.6 is 20.5 Å². The maximum absolute atomic E-state index is 5.08. The first-order valence-corrected chi connectivity index (χ1v) is 7.74. The summed E-state index contributed by atoms with van der Waals surface area (Å²) in [5, 5.41) is 10.7. The molecule has 3 aromatic rings. The van der Waals surface area contributed by atoms with Crippen LogP contribution in [-0.2, 0) is 0 Å². The molecule has 3 aromatic heterocycles. The number of ether oxygens (including phenoxy) is 1. The Morgan fingerprint density at radius 1 is 1.33 bits per heavy atom. The molecule has 0 aliphatic carbocycles. The van der Waals surface area contributed by atoms with Crippen LogP contribution in [0.15, 0.2) is 22.7 Å². The lowest BCUT2D eigenvalue weighted by atomic mass is 10.4. The lowest BCUT2D eigenvalue weighted by molar-refractivity contribution is 0.399. The van der Waals surface area contributed by atoms with E-state index in [1.54, 1.807) is 7.11 Å². The fourth-order valence-electron chi connectivity index (χ4n) is 1.42. The topological polar surface area (TPSA) is 76.6 Å². The molecule has 3 rings (SSSR count). The summed E-state index contributed by atoms with van der Waals surface area (Å²) in [4.78, 5) is 8.54. The van der Waals surface area contributed by atoms with E-state index in [4.69, 9.17) is 4.74 Å². The van der Waals surface area contributed by atoms with Gasteiger partial charge < -0.3 is 4.74 Å². The van der Waals surface area contributed by atoms with Gasteiger partial charge in [0.15, 0.2) is 15.1 Å². The molecule has 92 valence electrons. The first-order chi connectivity index (χ1) is 8.74. The number of rotatable bonds is 3. The van der Waals surface area contributed by atoms with Crippen molar-refractivity contribution in [2.75, 3.05) is 7.11 Å². The summed E-state index contributed by atoms with van der Waals surface area (Å²) in [5.41, 5.74) is 0.720. The van der Waals surface area contributed by atoms with E-state index >= 15 is 0 Å². The molecule has 6 nitrogen and oxygen atoms in total. The van der Waals surface area contributed by atoms with Crippen molar-refractivity contribution in [3.63, 3.8) is 0 Å². The third kappa shape index (κ3) is 2.16. The second-order valence-electron chi connectivity index (χ2n) is 3.54. The summed E-state index contributed by atoms with van der Waals surface area (Å²) in [7, 11) is 2.79. The number of hydrogen-bond donors (Lipinski definition) is 1. The van der Waals surface area contributed by atoms with E-state index < -0.39 is 0 Å². The Morgan fingerprint density at radius 3 is 2.94 bits per heavy atom. The lowest BCUT2D eigenvalue weighted by Crippen LogP contribution is -1.86. The van der Waals surface area contributed by atoms with Gasteiger partial charge in [-0.1, -0.05) is 0 Å². The maximum Gasteiger partial charge on any atom is 0.267 e. The van der Waals surface area contributed by atoms with Crippen molar-refractivity contribution < 1.29 is 4.74 Å². The van der Waals surface area contributed by atoms with Gasteiger partial charge in [-0.2, -0.15) is 4.98 Å². The minimum atomic E-state index is -0.318. The van der Waals surface area contributed by atoms with E-state index in [0.29, 0.717) is 11.0 Å². The first-order valence-electron chi connectivity index (χ1n) is 5.17. The van der Waals surface area contributed by atoms with E-state index in [9.17, 15) is 0 Å². The van der Waals surface area contributed by atoms with Crippen LogP contribution in [-0.4, -0.2) is 31.6 Å². The quantitative estimate of drug-likeness (QED) is 0.586. The van der Waals surface area contributed by atoms with Gasteiger partial charge in [-0.15, -0.1) is 5.10 Å². The van der Waals surface area contributed by atoms with Gasteiger partial charge in [0.25, 0.3) is 5.16 Å². The molecule has 0 aromatic carbocycles. The Bertz CT molecular complexity index is 692. The monoisotopic (exact) mass is 280 g/mol. The zero-order chi connectivity index (χ0) is 12.5. The fourth-order valence-corrected chi connectivity index (χ4v) is 4.15. The molecule has 0 amide bonds. The van der Waals surface area contributed by atoms with Crippen LogP contribution < -0.4 is 4.74 Å². The molecule has 1 N–H and O–H groups in total. The Labute approximate surface area is 109 Å². The average molecular weight is 280 g/mol. The van der Waals surface area contributed by atoms with Crippen molar-refractivity contribution in [1.82, 2.24) is 24.5 Å². The molecule has 0 fully saturated rings. The number of nitrogens with one attached hydrogen (secondary N) is 1. The number of aromatic amines is 1. The van der Waals surface area contributed by atoms with E-state index in [1.165, 1.54) is 10.8 Å². The minimum Gasteiger partial charge on any atom is -0.481 e. The lowest BCUT2D eigenvalue weighted by Gasteiger charge is -1.93. The number of H-pyrrole nitrogens is 1. The number of aromatic nitrogens is 5. The standard InChI is InChI=1S/C10H10N5OS2/c1-6-11-10(14-13-6)17-18-5-7-3-4-8(16-2)12-9(7)15-18/h3-5H,1-2H3,(H,11,13,14)/q+1. The summed E-state index contributed by atoms with van der Waals surface area (Å²) in [6, 6.07) is 3.79. The van der Waals surface area contributed by atoms with Crippen LogP contribution in [0.25, 0.3) is 11.0 Å². The highest BCUT2D eigenvalue weighted by atomic mass is 33.1. The summed E-state index contributed by atoms with van der Waals surface area (Å²) in [6.45, 7) is 1.87.